The van der Waals surface area contributed by atoms with E-state index in [1.54, 1.807) is 23.0 Å². The minimum Gasteiger partial charge on any atom is -0.350 e. The van der Waals surface area contributed by atoms with Crippen molar-refractivity contribution in [3.8, 4) is 0 Å². The molecule has 0 fully saturated rings. The summed E-state index contributed by atoms with van der Waals surface area (Å²) in [6, 6.07) is 4.40. The Balaban J connectivity index is 1.32. The van der Waals surface area contributed by atoms with E-state index in [1.807, 2.05) is 30.0 Å². The quantitative estimate of drug-likeness (QED) is 0.636. The molecule has 166 valence electrons. The van der Waals surface area contributed by atoms with Crippen LogP contribution in [0, 0.1) is 5.82 Å². The van der Waals surface area contributed by atoms with Crippen LogP contribution in [0.1, 0.15) is 30.2 Å². The normalized spacial score (nSPS) is 17.5. The Morgan fingerprint density at radius 2 is 2.12 bits per heavy atom. The number of aromatic nitrogens is 4. The molecule has 32 heavy (non-hydrogen) atoms. The first kappa shape index (κ1) is 20.7. The van der Waals surface area contributed by atoms with Crippen LogP contribution in [0.4, 0.5) is 21.8 Å². The zero-order valence-electron chi connectivity index (χ0n) is 17.8. The Kier molecular flexibility index (Phi) is 5.21. The standard InChI is InChI=1S/C22H23ClFN7O/c1-13-21(32)31-7-3-4-18-19(31)20(29(13)2)28-22(27-18)25-9-15-10-26-30(12-15)11-14-5-6-17(24)16(23)8-14/h5-6,8,10,12-13H,3-4,7,9,11H2,1-2H3,(H,25,27,28)/t13-/m0/s1. The summed E-state index contributed by atoms with van der Waals surface area (Å²) in [5.74, 6) is 0.984. The number of hydrogen-bond donors (Lipinski definition) is 1. The summed E-state index contributed by atoms with van der Waals surface area (Å²) in [5, 5.41) is 7.77. The Hall–Kier alpha value is -3.20. The van der Waals surface area contributed by atoms with Gasteiger partial charge in [-0.3, -0.25) is 9.48 Å². The van der Waals surface area contributed by atoms with E-state index in [9.17, 15) is 9.18 Å². The van der Waals surface area contributed by atoms with E-state index in [2.05, 4.69) is 15.4 Å². The molecular weight excluding hydrogens is 433 g/mol. The second kappa shape index (κ2) is 8.05. The average molecular weight is 456 g/mol. The number of carbonyl (C=O) groups excluding carboxylic acids is 1. The van der Waals surface area contributed by atoms with Crippen molar-refractivity contribution < 1.29 is 9.18 Å². The lowest BCUT2D eigenvalue weighted by atomic mass is 10.0. The first-order valence-corrected chi connectivity index (χ1v) is 10.9. The molecule has 10 heteroatoms. The van der Waals surface area contributed by atoms with Crippen LogP contribution in [-0.4, -0.2) is 45.3 Å². The topological polar surface area (TPSA) is 79.2 Å². The Labute approximate surface area is 190 Å². The van der Waals surface area contributed by atoms with Gasteiger partial charge in [-0.1, -0.05) is 17.7 Å². The summed E-state index contributed by atoms with van der Waals surface area (Å²) in [6.45, 7) is 3.61. The minimum absolute atomic E-state index is 0.0973. The lowest BCUT2D eigenvalue weighted by molar-refractivity contribution is -0.119. The number of hydrogen-bond acceptors (Lipinski definition) is 6. The minimum atomic E-state index is -0.433. The molecule has 1 aromatic carbocycles. The zero-order valence-corrected chi connectivity index (χ0v) is 18.6. The van der Waals surface area contributed by atoms with Crippen LogP contribution in [-0.2, 0) is 24.3 Å². The summed E-state index contributed by atoms with van der Waals surface area (Å²) < 4.78 is 15.1. The van der Waals surface area contributed by atoms with Gasteiger partial charge in [-0.05, 0) is 37.5 Å². The maximum atomic E-state index is 13.4. The van der Waals surface area contributed by atoms with E-state index in [1.165, 1.54) is 6.07 Å². The van der Waals surface area contributed by atoms with Gasteiger partial charge in [0.2, 0.25) is 11.9 Å². The predicted molar refractivity (Wildman–Crippen MR) is 121 cm³/mol. The van der Waals surface area contributed by atoms with Crippen molar-refractivity contribution in [3.05, 3.63) is 58.3 Å². The van der Waals surface area contributed by atoms with Gasteiger partial charge in [-0.15, -0.1) is 0 Å². The van der Waals surface area contributed by atoms with Gasteiger partial charge in [-0.25, -0.2) is 9.37 Å². The van der Waals surface area contributed by atoms with Crippen LogP contribution in [0.2, 0.25) is 5.02 Å². The molecule has 5 rings (SSSR count). The zero-order chi connectivity index (χ0) is 22.4. The summed E-state index contributed by atoms with van der Waals surface area (Å²) >= 11 is 5.86. The third-order valence-corrected chi connectivity index (χ3v) is 6.30. The number of halogens is 2. The largest absolute Gasteiger partial charge is 0.350 e. The molecule has 0 saturated carbocycles. The van der Waals surface area contributed by atoms with Crippen LogP contribution in [0.15, 0.2) is 30.6 Å². The SMILES string of the molecule is C[C@H]1C(=O)N2CCCc3nc(NCc4cnn(Cc5ccc(F)c(Cl)c5)c4)nc(c32)N1C. The molecule has 1 amide bonds. The molecule has 0 bridgehead atoms. The molecule has 0 radical (unpaired) electrons. The van der Waals surface area contributed by atoms with E-state index in [0.29, 0.717) is 25.6 Å². The molecule has 0 spiro atoms. The molecule has 4 heterocycles. The summed E-state index contributed by atoms with van der Waals surface area (Å²) in [4.78, 5) is 25.8. The van der Waals surface area contributed by atoms with Crippen molar-refractivity contribution in [1.82, 2.24) is 19.7 Å². The highest BCUT2D eigenvalue weighted by molar-refractivity contribution is 6.30. The third-order valence-electron chi connectivity index (χ3n) is 6.01. The Bertz CT molecular complexity index is 1200. The van der Waals surface area contributed by atoms with Crippen molar-refractivity contribution in [3.63, 3.8) is 0 Å². The maximum Gasteiger partial charge on any atom is 0.249 e. The van der Waals surface area contributed by atoms with E-state index < -0.39 is 5.82 Å². The second-order valence-corrected chi connectivity index (χ2v) is 8.60. The van der Waals surface area contributed by atoms with Gasteiger partial charge < -0.3 is 15.1 Å². The molecule has 2 aliphatic heterocycles. The lowest BCUT2D eigenvalue weighted by Gasteiger charge is -2.41. The lowest BCUT2D eigenvalue weighted by Crippen LogP contribution is -2.53. The van der Waals surface area contributed by atoms with Crippen LogP contribution in [0.25, 0.3) is 0 Å². The van der Waals surface area contributed by atoms with Gasteiger partial charge in [0.05, 0.1) is 23.5 Å². The fraction of sp³-hybridized carbons (Fsp3) is 0.364. The third kappa shape index (κ3) is 3.66. The highest BCUT2D eigenvalue weighted by Crippen LogP contribution is 2.39. The number of aryl methyl sites for hydroxylation is 1. The molecule has 0 aliphatic carbocycles. The predicted octanol–water partition coefficient (Wildman–Crippen LogP) is 3.24. The number of nitrogens with one attached hydrogen (secondary N) is 1. The van der Waals surface area contributed by atoms with Gasteiger partial charge >= 0.3 is 0 Å². The number of carbonyl (C=O) groups is 1. The molecule has 0 unspecified atom stereocenters. The highest BCUT2D eigenvalue weighted by Gasteiger charge is 2.38. The second-order valence-electron chi connectivity index (χ2n) is 8.19. The summed E-state index contributed by atoms with van der Waals surface area (Å²) in [7, 11) is 1.90. The van der Waals surface area contributed by atoms with Gasteiger partial charge in [0.25, 0.3) is 0 Å². The van der Waals surface area contributed by atoms with Crippen molar-refractivity contribution >= 4 is 35.0 Å². The van der Waals surface area contributed by atoms with Crippen LogP contribution >= 0.6 is 11.6 Å². The van der Waals surface area contributed by atoms with Gasteiger partial charge in [0.1, 0.15) is 17.5 Å². The Morgan fingerprint density at radius 1 is 1.28 bits per heavy atom. The maximum absolute atomic E-state index is 13.4. The van der Waals surface area contributed by atoms with Crippen molar-refractivity contribution in [2.45, 2.75) is 38.9 Å². The van der Waals surface area contributed by atoms with E-state index in [4.69, 9.17) is 16.6 Å². The van der Waals surface area contributed by atoms with Crippen LogP contribution in [0.3, 0.4) is 0 Å². The first-order chi connectivity index (χ1) is 15.4. The molecular formula is C22H23ClFN7O. The molecule has 3 aromatic rings. The molecule has 2 aromatic heterocycles. The van der Waals surface area contributed by atoms with Crippen molar-refractivity contribution in [1.29, 1.82) is 0 Å². The monoisotopic (exact) mass is 455 g/mol. The van der Waals surface area contributed by atoms with E-state index in [0.717, 1.165) is 41.2 Å². The van der Waals surface area contributed by atoms with Gasteiger partial charge in [0.15, 0.2) is 5.82 Å². The number of rotatable bonds is 5. The van der Waals surface area contributed by atoms with E-state index >= 15 is 0 Å². The smallest absolute Gasteiger partial charge is 0.249 e. The van der Waals surface area contributed by atoms with E-state index in [-0.39, 0.29) is 17.0 Å². The summed E-state index contributed by atoms with van der Waals surface area (Å²) in [6.07, 6.45) is 5.41. The van der Waals surface area contributed by atoms with Crippen LogP contribution in [0.5, 0.6) is 0 Å². The molecule has 2 aliphatic rings. The molecule has 0 saturated heterocycles. The van der Waals surface area contributed by atoms with Gasteiger partial charge in [-0.2, -0.15) is 10.1 Å². The van der Waals surface area contributed by atoms with Crippen LogP contribution < -0.4 is 15.1 Å². The fourth-order valence-corrected chi connectivity index (χ4v) is 4.37. The number of anilines is 3. The highest BCUT2D eigenvalue weighted by atomic mass is 35.5. The number of benzene rings is 1. The molecule has 8 nitrogen and oxygen atoms in total. The number of nitrogens with zero attached hydrogens (tertiary/aromatic N) is 6. The fourth-order valence-electron chi connectivity index (χ4n) is 4.17. The summed E-state index contributed by atoms with van der Waals surface area (Å²) in [5.41, 5.74) is 3.58. The average Bonchev–Trinajstić information content (AvgIpc) is 3.24. The van der Waals surface area contributed by atoms with Gasteiger partial charge in [0, 0.05) is 31.9 Å². The molecule has 1 atom stereocenters. The Morgan fingerprint density at radius 3 is 2.94 bits per heavy atom. The number of amides is 1. The van der Waals surface area contributed by atoms with Crippen molar-refractivity contribution in [2.75, 3.05) is 28.7 Å². The first-order valence-electron chi connectivity index (χ1n) is 10.5. The van der Waals surface area contributed by atoms with Crippen molar-refractivity contribution in [2.24, 2.45) is 0 Å². The molecule has 1 N–H and O–H groups in total. The number of likely N-dealkylation sites (N-methyl/N-ethyl adjacent to an activating group) is 1.